The predicted molar refractivity (Wildman–Crippen MR) is 122 cm³/mol. The van der Waals surface area contributed by atoms with E-state index in [0.29, 0.717) is 33.5 Å². The number of amides is 2. The van der Waals surface area contributed by atoms with Gasteiger partial charge in [-0.25, -0.2) is 0 Å². The molecule has 0 aliphatic heterocycles. The summed E-state index contributed by atoms with van der Waals surface area (Å²) < 4.78 is 0. The molecule has 3 rings (SSSR count). The SMILES string of the molecule is CN(Cc1ccccc1)C(=O)c1cccc(NCC(=O)Nc2cccc(Cl)c2Cl)c1. The summed E-state index contributed by atoms with van der Waals surface area (Å²) in [4.78, 5) is 26.6. The normalized spacial score (nSPS) is 10.4. The predicted octanol–water partition coefficient (Wildman–Crippen LogP) is 5.32. The molecule has 0 radical (unpaired) electrons. The largest absolute Gasteiger partial charge is 0.376 e. The van der Waals surface area contributed by atoms with Crippen LogP contribution in [0.2, 0.25) is 10.0 Å². The molecule has 0 saturated carbocycles. The van der Waals surface area contributed by atoms with Crippen LogP contribution in [0, 0.1) is 0 Å². The van der Waals surface area contributed by atoms with Crippen LogP contribution < -0.4 is 10.6 Å². The molecule has 0 fully saturated rings. The van der Waals surface area contributed by atoms with Gasteiger partial charge in [-0.3, -0.25) is 9.59 Å². The number of carbonyl (C=O) groups is 2. The third kappa shape index (κ3) is 5.75. The van der Waals surface area contributed by atoms with Crippen LogP contribution in [0.15, 0.2) is 72.8 Å². The molecule has 2 N–H and O–H groups in total. The number of hydrogen-bond donors (Lipinski definition) is 2. The van der Waals surface area contributed by atoms with Crippen molar-refractivity contribution in [3.05, 3.63) is 94.0 Å². The van der Waals surface area contributed by atoms with Gasteiger partial charge in [0.15, 0.2) is 0 Å². The molecule has 0 aliphatic carbocycles. The monoisotopic (exact) mass is 441 g/mol. The first kappa shape index (κ1) is 21.7. The summed E-state index contributed by atoms with van der Waals surface area (Å²) in [5.74, 6) is -0.380. The fourth-order valence-corrected chi connectivity index (χ4v) is 3.24. The highest BCUT2D eigenvalue weighted by Crippen LogP contribution is 2.29. The fraction of sp³-hybridized carbons (Fsp3) is 0.130. The summed E-state index contributed by atoms with van der Waals surface area (Å²) in [6.45, 7) is 0.528. The van der Waals surface area contributed by atoms with Crippen molar-refractivity contribution >= 4 is 46.4 Å². The Balaban J connectivity index is 1.59. The van der Waals surface area contributed by atoms with E-state index in [-0.39, 0.29) is 18.4 Å². The lowest BCUT2D eigenvalue weighted by Gasteiger charge is -2.18. The van der Waals surface area contributed by atoms with Crippen LogP contribution >= 0.6 is 23.2 Å². The van der Waals surface area contributed by atoms with Crippen molar-refractivity contribution < 1.29 is 9.59 Å². The van der Waals surface area contributed by atoms with Gasteiger partial charge in [-0.15, -0.1) is 0 Å². The highest BCUT2D eigenvalue weighted by molar-refractivity contribution is 6.44. The molecule has 30 heavy (non-hydrogen) atoms. The number of hydrogen-bond acceptors (Lipinski definition) is 3. The van der Waals surface area contributed by atoms with E-state index in [9.17, 15) is 9.59 Å². The maximum atomic E-state index is 12.7. The van der Waals surface area contributed by atoms with E-state index in [1.807, 2.05) is 30.3 Å². The zero-order chi connectivity index (χ0) is 21.5. The van der Waals surface area contributed by atoms with Crippen LogP contribution in [-0.4, -0.2) is 30.3 Å². The number of nitrogens with one attached hydrogen (secondary N) is 2. The summed E-state index contributed by atoms with van der Waals surface area (Å²) in [6.07, 6.45) is 0. The first-order chi connectivity index (χ1) is 14.4. The van der Waals surface area contributed by atoms with Gasteiger partial charge in [0.1, 0.15) is 0 Å². The van der Waals surface area contributed by atoms with Gasteiger partial charge in [-0.05, 0) is 35.9 Å². The van der Waals surface area contributed by atoms with Gasteiger partial charge in [0.2, 0.25) is 5.91 Å². The third-order valence-electron chi connectivity index (χ3n) is 4.40. The minimum absolute atomic E-state index is 0.0142. The maximum Gasteiger partial charge on any atom is 0.253 e. The van der Waals surface area contributed by atoms with Gasteiger partial charge in [0.25, 0.3) is 5.91 Å². The number of halogens is 2. The number of benzene rings is 3. The maximum absolute atomic E-state index is 12.7. The lowest BCUT2D eigenvalue weighted by Crippen LogP contribution is -2.26. The average Bonchev–Trinajstić information content (AvgIpc) is 2.76. The molecule has 154 valence electrons. The summed E-state index contributed by atoms with van der Waals surface area (Å²) in [6, 6.07) is 21.9. The highest BCUT2D eigenvalue weighted by Gasteiger charge is 2.13. The van der Waals surface area contributed by atoms with Crippen LogP contribution in [0.25, 0.3) is 0 Å². The van der Waals surface area contributed by atoms with Crippen molar-refractivity contribution in [1.29, 1.82) is 0 Å². The number of anilines is 2. The van der Waals surface area contributed by atoms with Crippen molar-refractivity contribution in [2.24, 2.45) is 0 Å². The molecule has 0 bridgehead atoms. The Morgan fingerprint density at radius 1 is 0.933 bits per heavy atom. The smallest absolute Gasteiger partial charge is 0.253 e. The van der Waals surface area contributed by atoms with E-state index in [1.54, 1.807) is 54.4 Å². The molecule has 7 heteroatoms. The Morgan fingerprint density at radius 2 is 1.67 bits per heavy atom. The summed E-state index contributed by atoms with van der Waals surface area (Å²) in [5.41, 5.74) is 2.71. The Morgan fingerprint density at radius 3 is 2.43 bits per heavy atom. The molecule has 0 atom stereocenters. The zero-order valence-electron chi connectivity index (χ0n) is 16.4. The minimum atomic E-state index is -0.280. The van der Waals surface area contributed by atoms with Crippen molar-refractivity contribution in [1.82, 2.24) is 4.90 Å². The second kappa shape index (κ2) is 10.1. The number of nitrogens with zero attached hydrogens (tertiary/aromatic N) is 1. The minimum Gasteiger partial charge on any atom is -0.376 e. The summed E-state index contributed by atoms with van der Waals surface area (Å²) >= 11 is 12.0. The second-order valence-electron chi connectivity index (χ2n) is 6.73. The Bertz CT molecular complexity index is 1040. The van der Waals surface area contributed by atoms with Crippen LogP contribution in [-0.2, 0) is 11.3 Å². The summed E-state index contributed by atoms with van der Waals surface area (Å²) in [5, 5.41) is 6.40. The number of rotatable bonds is 7. The molecule has 0 unspecified atom stereocenters. The molecule has 3 aromatic carbocycles. The van der Waals surface area contributed by atoms with Crippen LogP contribution in [0.3, 0.4) is 0 Å². The molecule has 0 aliphatic rings. The van der Waals surface area contributed by atoms with E-state index in [1.165, 1.54) is 0 Å². The van der Waals surface area contributed by atoms with Crippen molar-refractivity contribution in [2.75, 3.05) is 24.2 Å². The number of carbonyl (C=O) groups excluding carboxylic acids is 2. The van der Waals surface area contributed by atoms with Gasteiger partial charge in [-0.2, -0.15) is 0 Å². The van der Waals surface area contributed by atoms with Crippen molar-refractivity contribution in [3.63, 3.8) is 0 Å². The van der Waals surface area contributed by atoms with E-state index in [4.69, 9.17) is 23.2 Å². The third-order valence-corrected chi connectivity index (χ3v) is 5.22. The molecular formula is C23H21Cl2N3O2. The van der Waals surface area contributed by atoms with E-state index in [2.05, 4.69) is 10.6 Å². The molecule has 5 nitrogen and oxygen atoms in total. The van der Waals surface area contributed by atoms with Gasteiger partial charge < -0.3 is 15.5 Å². The quantitative estimate of drug-likeness (QED) is 0.521. The van der Waals surface area contributed by atoms with Gasteiger partial charge in [-0.1, -0.05) is 65.7 Å². The lowest BCUT2D eigenvalue weighted by molar-refractivity contribution is -0.114. The molecule has 0 spiro atoms. The van der Waals surface area contributed by atoms with Crippen LogP contribution in [0.1, 0.15) is 15.9 Å². The molecule has 3 aromatic rings. The highest BCUT2D eigenvalue weighted by atomic mass is 35.5. The second-order valence-corrected chi connectivity index (χ2v) is 7.52. The van der Waals surface area contributed by atoms with Crippen molar-refractivity contribution in [2.45, 2.75) is 6.54 Å². The molecule has 0 aromatic heterocycles. The first-order valence-corrected chi connectivity index (χ1v) is 10.1. The van der Waals surface area contributed by atoms with Gasteiger partial charge in [0, 0.05) is 24.8 Å². The lowest BCUT2D eigenvalue weighted by atomic mass is 10.1. The molecule has 2 amide bonds. The summed E-state index contributed by atoms with van der Waals surface area (Å²) in [7, 11) is 1.76. The first-order valence-electron chi connectivity index (χ1n) is 9.31. The topological polar surface area (TPSA) is 61.4 Å². The van der Waals surface area contributed by atoms with Gasteiger partial charge >= 0.3 is 0 Å². The molecule has 0 heterocycles. The van der Waals surface area contributed by atoms with Crippen molar-refractivity contribution in [3.8, 4) is 0 Å². The molecule has 0 saturated heterocycles. The zero-order valence-corrected chi connectivity index (χ0v) is 17.9. The standard InChI is InChI=1S/C23H21Cl2N3O2/c1-28(15-16-7-3-2-4-8-16)23(30)17-9-5-10-18(13-17)26-14-21(29)27-20-12-6-11-19(24)22(20)25/h2-13,26H,14-15H2,1H3,(H,27,29). The van der Waals surface area contributed by atoms with E-state index in [0.717, 1.165) is 5.56 Å². The Labute approximate surface area is 185 Å². The van der Waals surface area contributed by atoms with E-state index >= 15 is 0 Å². The van der Waals surface area contributed by atoms with Gasteiger partial charge in [0.05, 0.1) is 22.3 Å². The van der Waals surface area contributed by atoms with Crippen LogP contribution in [0.4, 0.5) is 11.4 Å². The fourth-order valence-electron chi connectivity index (χ4n) is 2.89. The Hall–Kier alpha value is -3.02. The molecular weight excluding hydrogens is 421 g/mol. The van der Waals surface area contributed by atoms with E-state index < -0.39 is 0 Å². The Kier molecular flexibility index (Phi) is 7.33. The van der Waals surface area contributed by atoms with Crippen LogP contribution in [0.5, 0.6) is 0 Å². The average molecular weight is 442 g/mol.